The molecule has 1 unspecified atom stereocenters. The van der Waals surface area contributed by atoms with Crippen LogP contribution in [0.15, 0.2) is 34.8 Å². The Bertz CT molecular complexity index is 610. The van der Waals surface area contributed by atoms with Crippen LogP contribution in [-0.4, -0.2) is 5.11 Å². The molecule has 2 aromatic rings. The van der Waals surface area contributed by atoms with Crippen molar-refractivity contribution in [2.24, 2.45) is 0 Å². The van der Waals surface area contributed by atoms with Gasteiger partial charge in [-0.1, -0.05) is 33.6 Å². The van der Waals surface area contributed by atoms with E-state index < -0.39 is 29.1 Å². The molecule has 0 saturated heterocycles. The van der Waals surface area contributed by atoms with E-state index in [0.29, 0.717) is 21.6 Å². The first-order valence-corrected chi connectivity index (χ1v) is 6.34. The molecule has 0 aromatic heterocycles. The summed E-state index contributed by atoms with van der Waals surface area (Å²) in [4.78, 5) is 0. The van der Waals surface area contributed by atoms with Crippen molar-refractivity contribution in [3.8, 4) is 0 Å². The third kappa shape index (κ3) is 2.94. The van der Waals surface area contributed by atoms with Crippen molar-refractivity contribution >= 4 is 27.5 Å². The fourth-order valence-corrected chi connectivity index (χ4v) is 2.59. The van der Waals surface area contributed by atoms with Gasteiger partial charge in [0, 0.05) is 21.6 Å². The largest absolute Gasteiger partial charge is 0.383 e. The minimum atomic E-state index is -1.56. The maximum atomic E-state index is 13.6. The Balaban J connectivity index is 2.53. The van der Waals surface area contributed by atoms with Crippen LogP contribution in [0, 0.1) is 17.5 Å². The highest BCUT2D eigenvalue weighted by molar-refractivity contribution is 9.10. The van der Waals surface area contributed by atoms with Crippen LogP contribution in [0.5, 0.6) is 0 Å². The summed E-state index contributed by atoms with van der Waals surface area (Å²) in [6.07, 6.45) is -1.56. The minimum Gasteiger partial charge on any atom is -0.383 e. The molecule has 0 bridgehead atoms. The molecule has 1 atom stereocenters. The molecule has 0 radical (unpaired) electrons. The molecule has 1 N–H and O–H groups in total. The number of benzene rings is 2. The topological polar surface area (TPSA) is 20.2 Å². The summed E-state index contributed by atoms with van der Waals surface area (Å²) in [7, 11) is 0. The molecule has 0 spiro atoms. The van der Waals surface area contributed by atoms with Gasteiger partial charge in [0.1, 0.15) is 23.6 Å². The molecule has 0 fully saturated rings. The second kappa shape index (κ2) is 5.53. The summed E-state index contributed by atoms with van der Waals surface area (Å²) in [6.45, 7) is 0. The zero-order valence-corrected chi connectivity index (χ0v) is 11.6. The number of halogens is 5. The third-order valence-electron chi connectivity index (χ3n) is 2.57. The average molecular weight is 352 g/mol. The van der Waals surface area contributed by atoms with Crippen LogP contribution in [0.25, 0.3) is 0 Å². The van der Waals surface area contributed by atoms with Crippen molar-refractivity contribution in [1.29, 1.82) is 0 Å². The lowest BCUT2D eigenvalue weighted by molar-refractivity contribution is 0.208. The summed E-state index contributed by atoms with van der Waals surface area (Å²) in [5.41, 5.74) is -0.377. The van der Waals surface area contributed by atoms with E-state index in [9.17, 15) is 18.3 Å². The highest BCUT2D eigenvalue weighted by Crippen LogP contribution is 2.33. The van der Waals surface area contributed by atoms with Crippen LogP contribution < -0.4 is 0 Å². The minimum absolute atomic E-state index is 0.230. The average Bonchev–Trinajstić information content (AvgIpc) is 2.26. The zero-order valence-electron chi connectivity index (χ0n) is 9.30. The molecule has 2 rings (SSSR count). The van der Waals surface area contributed by atoms with Gasteiger partial charge >= 0.3 is 0 Å². The Morgan fingerprint density at radius 3 is 2.16 bits per heavy atom. The highest BCUT2D eigenvalue weighted by atomic mass is 79.9. The third-order valence-corrected chi connectivity index (χ3v) is 3.50. The maximum absolute atomic E-state index is 13.6. The lowest BCUT2D eigenvalue weighted by Crippen LogP contribution is -2.07. The molecule has 1 nitrogen and oxygen atoms in total. The fraction of sp³-hybridized carbons (Fsp3) is 0.0769. The van der Waals surface area contributed by atoms with Crippen molar-refractivity contribution in [1.82, 2.24) is 0 Å². The van der Waals surface area contributed by atoms with Crippen LogP contribution in [0.3, 0.4) is 0 Å². The van der Waals surface area contributed by atoms with Gasteiger partial charge in [-0.05, 0) is 17.7 Å². The van der Waals surface area contributed by atoms with Crippen LogP contribution in [0.2, 0.25) is 5.02 Å². The highest BCUT2D eigenvalue weighted by Gasteiger charge is 2.22. The van der Waals surface area contributed by atoms with Gasteiger partial charge in [0.15, 0.2) is 0 Å². The second-order valence-electron chi connectivity index (χ2n) is 3.85. The lowest BCUT2D eigenvalue weighted by Gasteiger charge is -2.15. The first kappa shape index (κ1) is 14.4. The monoisotopic (exact) mass is 350 g/mol. The summed E-state index contributed by atoms with van der Waals surface area (Å²) < 4.78 is 40.4. The van der Waals surface area contributed by atoms with Gasteiger partial charge in [0.25, 0.3) is 0 Å². The smallest absolute Gasteiger partial charge is 0.135 e. The lowest BCUT2D eigenvalue weighted by atomic mass is 10.0. The van der Waals surface area contributed by atoms with Gasteiger partial charge < -0.3 is 5.11 Å². The molecular formula is C13H7BrClF3O. The van der Waals surface area contributed by atoms with Gasteiger partial charge in [-0.3, -0.25) is 0 Å². The Morgan fingerprint density at radius 1 is 1.05 bits per heavy atom. The Kier molecular flexibility index (Phi) is 4.18. The van der Waals surface area contributed by atoms with E-state index in [1.807, 2.05) is 0 Å². The number of hydrogen-bond donors (Lipinski definition) is 1. The number of rotatable bonds is 2. The summed E-state index contributed by atoms with van der Waals surface area (Å²) >= 11 is 8.89. The molecule has 0 aliphatic carbocycles. The predicted molar refractivity (Wildman–Crippen MR) is 69.5 cm³/mol. The molecule has 0 saturated carbocycles. The zero-order chi connectivity index (χ0) is 14.2. The van der Waals surface area contributed by atoms with Gasteiger partial charge in [0.05, 0.1) is 5.56 Å². The van der Waals surface area contributed by atoms with Crippen molar-refractivity contribution in [2.45, 2.75) is 6.10 Å². The molecule has 2 aromatic carbocycles. The van der Waals surface area contributed by atoms with Gasteiger partial charge in [-0.2, -0.15) is 0 Å². The predicted octanol–water partition coefficient (Wildman–Crippen LogP) is 4.60. The molecule has 0 aliphatic rings. The quantitative estimate of drug-likeness (QED) is 0.838. The number of aliphatic hydroxyl groups excluding tert-OH is 1. The summed E-state index contributed by atoms with van der Waals surface area (Å²) in [5, 5.41) is 10.4. The van der Waals surface area contributed by atoms with E-state index in [0.717, 1.165) is 0 Å². The molecule has 0 heterocycles. The SMILES string of the molecule is OC(c1ccc(Cl)cc1Br)c1c(F)cc(F)cc1F. The molecule has 0 aliphatic heterocycles. The number of hydrogen-bond acceptors (Lipinski definition) is 1. The van der Waals surface area contributed by atoms with Crippen molar-refractivity contribution in [3.05, 3.63) is 68.4 Å². The van der Waals surface area contributed by atoms with Crippen LogP contribution >= 0.6 is 27.5 Å². The molecule has 0 amide bonds. The Labute approximate surface area is 120 Å². The van der Waals surface area contributed by atoms with Crippen molar-refractivity contribution in [3.63, 3.8) is 0 Å². The maximum Gasteiger partial charge on any atom is 0.135 e. The van der Waals surface area contributed by atoms with Gasteiger partial charge in [-0.25, -0.2) is 13.2 Å². The number of aliphatic hydroxyl groups is 1. The van der Waals surface area contributed by atoms with Gasteiger partial charge in [0.2, 0.25) is 0 Å². The Hall–Kier alpha value is -1.04. The van der Waals surface area contributed by atoms with Crippen molar-refractivity contribution in [2.75, 3.05) is 0 Å². The van der Waals surface area contributed by atoms with E-state index in [4.69, 9.17) is 11.6 Å². The summed E-state index contributed by atoms with van der Waals surface area (Å²) in [5.74, 6) is -3.33. The molecule has 19 heavy (non-hydrogen) atoms. The second-order valence-corrected chi connectivity index (χ2v) is 5.14. The van der Waals surface area contributed by atoms with E-state index in [1.165, 1.54) is 18.2 Å². The van der Waals surface area contributed by atoms with Gasteiger partial charge in [-0.15, -0.1) is 0 Å². The van der Waals surface area contributed by atoms with Crippen molar-refractivity contribution < 1.29 is 18.3 Å². The summed E-state index contributed by atoms with van der Waals surface area (Å²) in [6, 6.07) is 5.43. The molecular weight excluding hydrogens is 344 g/mol. The molecule has 6 heteroatoms. The van der Waals surface area contributed by atoms with Crippen LogP contribution in [-0.2, 0) is 0 Å². The van der Waals surface area contributed by atoms with E-state index >= 15 is 0 Å². The molecule has 100 valence electrons. The normalized spacial score (nSPS) is 12.5. The van der Waals surface area contributed by atoms with E-state index in [2.05, 4.69) is 15.9 Å². The van der Waals surface area contributed by atoms with Crippen LogP contribution in [0.4, 0.5) is 13.2 Å². The first-order chi connectivity index (χ1) is 8.90. The van der Waals surface area contributed by atoms with E-state index in [-0.39, 0.29) is 5.56 Å². The van der Waals surface area contributed by atoms with Crippen LogP contribution in [0.1, 0.15) is 17.2 Å². The standard InChI is InChI=1S/C13H7BrClF3O/c14-9-3-6(15)1-2-8(9)13(19)12-10(17)4-7(16)5-11(12)18/h1-5,13,19H. The Morgan fingerprint density at radius 2 is 1.63 bits per heavy atom. The van der Waals surface area contributed by atoms with E-state index in [1.54, 1.807) is 0 Å². The fourth-order valence-electron chi connectivity index (χ4n) is 1.69. The first-order valence-electron chi connectivity index (χ1n) is 5.17.